The number of nitrogens with zero attached hydrogens (tertiary/aromatic N) is 1. The summed E-state index contributed by atoms with van der Waals surface area (Å²) in [6.45, 7) is 0. The van der Waals surface area contributed by atoms with Crippen molar-refractivity contribution in [2.75, 3.05) is 13.4 Å². The summed E-state index contributed by atoms with van der Waals surface area (Å²) in [5.41, 5.74) is 0.0201. The summed E-state index contributed by atoms with van der Waals surface area (Å²) in [4.78, 5) is 24.1. The van der Waals surface area contributed by atoms with Crippen molar-refractivity contribution in [3.8, 4) is 11.5 Å². The molecular weight excluding hydrogens is 266 g/mol. The van der Waals surface area contributed by atoms with Crippen LogP contribution in [0.2, 0.25) is 0 Å². The van der Waals surface area contributed by atoms with Crippen molar-refractivity contribution in [1.29, 1.82) is 0 Å². The fraction of sp³-hybridized carbons (Fsp3) is 0.231. The van der Waals surface area contributed by atoms with Gasteiger partial charge in [0.1, 0.15) is 0 Å². The third kappa shape index (κ3) is 2.44. The van der Waals surface area contributed by atoms with Crippen molar-refractivity contribution in [3.05, 3.63) is 40.4 Å². The molecule has 0 N–H and O–H groups in total. The normalized spacial score (nSPS) is 10.5. The van der Waals surface area contributed by atoms with E-state index >= 15 is 0 Å². The number of aromatic nitrogens is 1. The number of hydrogen-bond donors (Lipinski definition) is 0. The minimum atomic E-state index is -0.685. The molecule has 0 unspecified atom stereocenters. The summed E-state index contributed by atoms with van der Waals surface area (Å²) in [6, 6.07) is 5.36. The zero-order valence-corrected chi connectivity index (χ0v) is 11.6. The molecule has 0 aromatic carbocycles. The van der Waals surface area contributed by atoms with Gasteiger partial charge in [0.2, 0.25) is 0 Å². The SMILES string of the molecule is COC(=O)c1c(SC)cc(-c2cccn2C)oc1=O. The number of methoxy groups -OCH3 is 1. The van der Waals surface area contributed by atoms with Gasteiger partial charge in [-0.15, -0.1) is 11.8 Å². The Morgan fingerprint density at radius 3 is 2.74 bits per heavy atom. The second-order valence-corrected chi connectivity index (χ2v) is 4.69. The summed E-state index contributed by atoms with van der Waals surface area (Å²) in [7, 11) is 3.08. The minimum absolute atomic E-state index is 0.0621. The van der Waals surface area contributed by atoms with Crippen molar-refractivity contribution < 1.29 is 13.9 Å². The van der Waals surface area contributed by atoms with Gasteiger partial charge in [-0.1, -0.05) is 0 Å². The van der Waals surface area contributed by atoms with Crippen molar-refractivity contribution in [3.63, 3.8) is 0 Å². The molecule has 0 amide bonds. The van der Waals surface area contributed by atoms with E-state index in [1.165, 1.54) is 18.9 Å². The van der Waals surface area contributed by atoms with E-state index in [2.05, 4.69) is 4.74 Å². The molecule has 2 rings (SSSR count). The zero-order chi connectivity index (χ0) is 14.0. The molecule has 19 heavy (non-hydrogen) atoms. The molecule has 0 aliphatic rings. The van der Waals surface area contributed by atoms with Crippen LogP contribution in [0.25, 0.3) is 11.5 Å². The van der Waals surface area contributed by atoms with E-state index in [0.29, 0.717) is 10.7 Å². The maximum Gasteiger partial charge on any atom is 0.352 e. The third-order valence-corrected chi connectivity index (χ3v) is 3.48. The summed E-state index contributed by atoms with van der Waals surface area (Å²) < 4.78 is 11.6. The lowest BCUT2D eigenvalue weighted by atomic mass is 10.2. The fourth-order valence-electron chi connectivity index (χ4n) is 1.76. The van der Waals surface area contributed by atoms with Gasteiger partial charge >= 0.3 is 11.6 Å². The van der Waals surface area contributed by atoms with E-state index in [0.717, 1.165) is 5.69 Å². The Labute approximate surface area is 114 Å². The topological polar surface area (TPSA) is 61.4 Å². The highest BCUT2D eigenvalue weighted by molar-refractivity contribution is 7.98. The van der Waals surface area contributed by atoms with E-state index in [1.54, 1.807) is 12.3 Å². The summed E-state index contributed by atoms with van der Waals surface area (Å²) >= 11 is 1.30. The first-order valence-electron chi connectivity index (χ1n) is 5.50. The van der Waals surface area contributed by atoms with Crippen LogP contribution in [0.4, 0.5) is 0 Å². The second kappa shape index (κ2) is 5.36. The molecule has 5 nitrogen and oxygen atoms in total. The number of ether oxygens (including phenoxy) is 1. The van der Waals surface area contributed by atoms with Crippen LogP contribution in [0.5, 0.6) is 0 Å². The Bertz CT molecular complexity index is 672. The lowest BCUT2D eigenvalue weighted by Gasteiger charge is -2.07. The average Bonchev–Trinajstić information content (AvgIpc) is 2.83. The third-order valence-electron chi connectivity index (χ3n) is 2.72. The molecule has 100 valence electrons. The number of carbonyl (C=O) groups is 1. The predicted molar refractivity (Wildman–Crippen MR) is 72.5 cm³/mol. The molecule has 6 heteroatoms. The highest BCUT2D eigenvalue weighted by Crippen LogP contribution is 2.25. The van der Waals surface area contributed by atoms with Crippen LogP contribution in [-0.2, 0) is 11.8 Å². The van der Waals surface area contributed by atoms with Crippen LogP contribution in [0.1, 0.15) is 10.4 Å². The highest BCUT2D eigenvalue weighted by Gasteiger charge is 2.20. The minimum Gasteiger partial charge on any atom is -0.465 e. The zero-order valence-electron chi connectivity index (χ0n) is 10.8. The van der Waals surface area contributed by atoms with Crippen LogP contribution >= 0.6 is 11.8 Å². The first kappa shape index (κ1) is 13.5. The van der Waals surface area contributed by atoms with E-state index in [4.69, 9.17) is 4.42 Å². The number of carbonyl (C=O) groups excluding carboxylic acids is 1. The molecular formula is C13H13NO4S. The van der Waals surface area contributed by atoms with Crippen molar-refractivity contribution in [1.82, 2.24) is 4.57 Å². The quantitative estimate of drug-likeness (QED) is 0.636. The molecule has 0 spiro atoms. The predicted octanol–water partition coefficient (Wildman–Crippen LogP) is 2.15. The molecule has 0 saturated heterocycles. The molecule has 0 aliphatic carbocycles. The number of aryl methyl sites for hydroxylation is 1. The molecule has 0 radical (unpaired) electrons. The standard InChI is InChI=1S/C13H13NO4S/c1-14-6-4-5-8(14)9-7-10(19-3)11(12(15)17-2)13(16)18-9/h4-7H,1-3H3. The Kier molecular flexibility index (Phi) is 3.80. The smallest absolute Gasteiger partial charge is 0.352 e. The lowest BCUT2D eigenvalue weighted by Crippen LogP contribution is -2.17. The van der Waals surface area contributed by atoms with Crippen molar-refractivity contribution in [2.24, 2.45) is 7.05 Å². The molecule has 2 aromatic heterocycles. The molecule has 0 atom stereocenters. The van der Waals surface area contributed by atoms with E-state index < -0.39 is 11.6 Å². The van der Waals surface area contributed by atoms with Gasteiger partial charge in [0.25, 0.3) is 0 Å². The maximum absolute atomic E-state index is 11.9. The van der Waals surface area contributed by atoms with Gasteiger partial charge in [-0.2, -0.15) is 0 Å². The van der Waals surface area contributed by atoms with Crippen molar-refractivity contribution in [2.45, 2.75) is 4.90 Å². The Morgan fingerprint density at radius 2 is 2.21 bits per heavy atom. The van der Waals surface area contributed by atoms with Gasteiger partial charge in [-0.25, -0.2) is 9.59 Å². The number of thioether (sulfide) groups is 1. The van der Waals surface area contributed by atoms with Crippen LogP contribution in [0.15, 0.2) is 38.5 Å². The van der Waals surface area contributed by atoms with Gasteiger partial charge in [0, 0.05) is 18.1 Å². The second-order valence-electron chi connectivity index (χ2n) is 3.84. The summed E-state index contributed by atoms with van der Waals surface area (Å²) in [5, 5.41) is 0. The van der Waals surface area contributed by atoms with Gasteiger partial charge in [0.05, 0.1) is 12.8 Å². The van der Waals surface area contributed by atoms with E-state index in [9.17, 15) is 9.59 Å². The van der Waals surface area contributed by atoms with E-state index in [-0.39, 0.29) is 5.56 Å². The number of rotatable bonds is 3. The van der Waals surface area contributed by atoms with E-state index in [1.807, 2.05) is 29.9 Å². The lowest BCUT2D eigenvalue weighted by molar-refractivity contribution is 0.0591. The van der Waals surface area contributed by atoms with Crippen LogP contribution in [0.3, 0.4) is 0 Å². The average molecular weight is 279 g/mol. The molecule has 0 aliphatic heterocycles. The first-order valence-corrected chi connectivity index (χ1v) is 6.73. The Balaban J connectivity index is 2.64. The summed E-state index contributed by atoms with van der Waals surface area (Å²) in [5.74, 6) is -0.258. The van der Waals surface area contributed by atoms with Crippen LogP contribution in [-0.4, -0.2) is 23.9 Å². The maximum atomic E-state index is 11.9. The van der Waals surface area contributed by atoms with Crippen LogP contribution in [0, 0.1) is 0 Å². The molecule has 2 heterocycles. The van der Waals surface area contributed by atoms with Crippen LogP contribution < -0.4 is 5.63 Å². The summed E-state index contributed by atoms with van der Waals surface area (Å²) in [6.07, 6.45) is 3.64. The number of esters is 1. The van der Waals surface area contributed by atoms with Crippen molar-refractivity contribution >= 4 is 17.7 Å². The molecule has 0 saturated carbocycles. The van der Waals surface area contributed by atoms with Gasteiger partial charge < -0.3 is 13.7 Å². The van der Waals surface area contributed by atoms with Gasteiger partial charge in [0.15, 0.2) is 11.3 Å². The molecule has 2 aromatic rings. The largest absolute Gasteiger partial charge is 0.465 e. The molecule has 0 bridgehead atoms. The monoisotopic (exact) mass is 279 g/mol. The first-order chi connectivity index (χ1) is 9.08. The highest BCUT2D eigenvalue weighted by atomic mass is 32.2. The van der Waals surface area contributed by atoms with Gasteiger partial charge in [-0.05, 0) is 24.5 Å². The Hall–Kier alpha value is -1.95. The number of hydrogen-bond acceptors (Lipinski definition) is 5. The molecule has 0 fully saturated rings. The van der Waals surface area contributed by atoms with Gasteiger partial charge in [-0.3, -0.25) is 0 Å². The fourth-order valence-corrected chi connectivity index (χ4v) is 2.36. The Morgan fingerprint density at radius 1 is 1.47 bits per heavy atom.